The molecule has 1 saturated carbocycles. The van der Waals surface area contributed by atoms with Crippen molar-refractivity contribution in [3.05, 3.63) is 28.8 Å². The van der Waals surface area contributed by atoms with Crippen LogP contribution in [-0.2, 0) is 14.8 Å². The molecule has 7 heteroatoms. The van der Waals surface area contributed by atoms with Crippen LogP contribution in [0.15, 0.2) is 23.1 Å². The van der Waals surface area contributed by atoms with Crippen molar-refractivity contribution in [2.24, 2.45) is 5.92 Å². The number of nitrogens with zero attached hydrogens (tertiary/aromatic N) is 1. The van der Waals surface area contributed by atoms with Gasteiger partial charge in [-0.2, -0.15) is 4.31 Å². The van der Waals surface area contributed by atoms with Crippen LogP contribution in [0.25, 0.3) is 0 Å². The molecule has 1 saturated heterocycles. The lowest BCUT2D eigenvalue weighted by atomic mass is 9.93. The Kier molecular flexibility index (Phi) is 6.25. The topological polar surface area (TPSA) is 66.5 Å². The molecule has 1 atom stereocenters. The minimum atomic E-state index is -3.63. The molecule has 2 fully saturated rings. The summed E-state index contributed by atoms with van der Waals surface area (Å²) in [5, 5.41) is 3.57. The quantitative estimate of drug-likeness (QED) is 0.844. The predicted molar refractivity (Wildman–Crippen MR) is 103 cm³/mol. The maximum Gasteiger partial charge on any atom is 0.243 e. The van der Waals surface area contributed by atoms with E-state index in [1.807, 2.05) is 6.92 Å². The van der Waals surface area contributed by atoms with Crippen molar-refractivity contribution in [3.8, 4) is 0 Å². The van der Waals surface area contributed by atoms with Crippen LogP contribution in [0.5, 0.6) is 0 Å². The van der Waals surface area contributed by atoms with E-state index in [0.29, 0.717) is 18.0 Å². The molecule has 5 nitrogen and oxygen atoms in total. The fourth-order valence-corrected chi connectivity index (χ4v) is 5.62. The summed E-state index contributed by atoms with van der Waals surface area (Å²) >= 11 is 6.10. The van der Waals surface area contributed by atoms with Crippen molar-refractivity contribution in [2.45, 2.75) is 62.8 Å². The lowest BCUT2D eigenvalue weighted by Crippen LogP contribution is -2.47. The fraction of sp³-hybridized carbons (Fsp3) is 0.632. The second kappa shape index (κ2) is 8.28. The Morgan fingerprint density at radius 2 is 1.88 bits per heavy atom. The summed E-state index contributed by atoms with van der Waals surface area (Å²) in [4.78, 5) is 12.8. The monoisotopic (exact) mass is 398 g/mol. The zero-order valence-electron chi connectivity index (χ0n) is 15.2. The molecule has 1 aromatic rings. The van der Waals surface area contributed by atoms with Gasteiger partial charge in [0.25, 0.3) is 0 Å². The molecule has 3 rings (SSSR count). The summed E-state index contributed by atoms with van der Waals surface area (Å²) in [7, 11) is -3.63. The number of nitrogens with one attached hydrogen (secondary N) is 1. The number of sulfonamides is 1. The molecule has 0 unspecified atom stereocenters. The summed E-state index contributed by atoms with van der Waals surface area (Å²) in [5.74, 6) is -0.278. The van der Waals surface area contributed by atoms with Gasteiger partial charge in [-0.15, -0.1) is 0 Å². The van der Waals surface area contributed by atoms with E-state index in [1.165, 1.54) is 16.8 Å². The van der Waals surface area contributed by atoms with Crippen molar-refractivity contribution in [3.63, 3.8) is 0 Å². The number of halogens is 1. The lowest BCUT2D eigenvalue weighted by molar-refractivity contribution is -0.127. The van der Waals surface area contributed by atoms with Crippen molar-refractivity contribution in [1.29, 1.82) is 0 Å². The molecule has 2 aliphatic rings. The van der Waals surface area contributed by atoms with E-state index in [0.717, 1.165) is 37.7 Å². The summed E-state index contributed by atoms with van der Waals surface area (Å²) in [6.07, 6.45) is 7.04. The van der Waals surface area contributed by atoms with Crippen molar-refractivity contribution < 1.29 is 13.2 Å². The molecule has 0 bridgehead atoms. The molecule has 0 radical (unpaired) electrons. The average Bonchev–Trinajstić information content (AvgIpc) is 2.65. The Hall–Kier alpha value is -1.11. The maximum absolute atomic E-state index is 12.9. The lowest BCUT2D eigenvalue weighted by Gasteiger charge is -2.32. The number of carbonyl (C=O) groups excluding carboxylic acids is 1. The first kappa shape index (κ1) is 19.6. The molecule has 1 aliphatic heterocycles. The van der Waals surface area contributed by atoms with Gasteiger partial charge in [-0.05, 0) is 50.3 Å². The van der Waals surface area contributed by atoms with Gasteiger partial charge in [-0.1, -0.05) is 36.9 Å². The summed E-state index contributed by atoms with van der Waals surface area (Å²) < 4.78 is 27.3. The number of piperidine rings is 1. The minimum absolute atomic E-state index is 0.00117. The van der Waals surface area contributed by atoms with Gasteiger partial charge in [0.2, 0.25) is 15.9 Å². The van der Waals surface area contributed by atoms with Gasteiger partial charge in [0, 0.05) is 24.2 Å². The van der Waals surface area contributed by atoms with Crippen molar-refractivity contribution >= 4 is 27.5 Å². The average molecular weight is 399 g/mol. The van der Waals surface area contributed by atoms with Crippen LogP contribution < -0.4 is 5.32 Å². The highest BCUT2D eigenvalue weighted by atomic mass is 35.5. The summed E-state index contributed by atoms with van der Waals surface area (Å²) in [6.45, 7) is 2.53. The Morgan fingerprint density at radius 1 is 1.15 bits per heavy atom. The number of carbonyl (C=O) groups is 1. The molecule has 1 amide bonds. The predicted octanol–water partition coefficient (Wildman–Crippen LogP) is 3.50. The van der Waals surface area contributed by atoms with Gasteiger partial charge in [-0.25, -0.2) is 8.42 Å². The molecule has 0 spiro atoms. The number of rotatable bonds is 4. The van der Waals surface area contributed by atoms with Gasteiger partial charge in [0.05, 0.1) is 10.8 Å². The number of benzene rings is 1. The molecular formula is C19H27ClN2O3S. The third kappa shape index (κ3) is 4.41. The highest BCUT2D eigenvalue weighted by Gasteiger charge is 2.34. The highest BCUT2D eigenvalue weighted by molar-refractivity contribution is 7.89. The zero-order valence-corrected chi connectivity index (χ0v) is 16.8. The standard InChI is InChI=1S/C19H27ClN2O3S/c1-14-9-10-17(12-18(14)20)26(24,25)22-11-5-6-15(13-22)19(23)21-16-7-3-2-4-8-16/h9-10,12,15-16H,2-8,11,13H2,1H3,(H,21,23)/t15-/m1/s1. The third-order valence-electron chi connectivity index (χ3n) is 5.49. The van der Waals surface area contributed by atoms with Crippen LogP contribution in [0.3, 0.4) is 0 Å². The van der Waals surface area contributed by atoms with Gasteiger partial charge in [0.15, 0.2) is 0 Å². The molecular weight excluding hydrogens is 372 g/mol. The number of hydrogen-bond acceptors (Lipinski definition) is 3. The summed E-state index contributed by atoms with van der Waals surface area (Å²) in [6, 6.07) is 5.05. The van der Waals surface area contributed by atoms with E-state index in [2.05, 4.69) is 5.32 Å². The van der Waals surface area contributed by atoms with Crippen LogP contribution in [0.4, 0.5) is 0 Å². The molecule has 1 heterocycles. The van der Waals surface area contributed by atoms with Gasteiger partial charge in [-0.3, -0.25) is 4.79 Å². The molecule has 144 valence electrons. The van der Waals surface area contributed by atoms with Crippen molar-refractivity contribution in [1.82, 2.24) is 9.62 Å². The maximum atomic E-state index is 12.9. The minimum Gasteiger partial charge on any atom is -0.353 e. The van der Waals surface area contributed by atoms with Crippen LogP contribution in [-0.4, -0.2) is 37.8 Å². The van der Waals surface area contributed by atoms with Gasteiger partial charge < -0.3 is 5.32 Å². The van der Waals surface area contributed by atoms with Crippen LogP contribution >= 0.6 is 11.6 Å². The Bertz CT molecular complexity index is 760. The second-order valence-electron chi connectivity index (χ2n) is 7.46. The van der Waals surface area contributed by atoms with Gasteiger partial charge in [0.1, 0.15) is 0 Å². The van der Waals surface area contributed by atoms with E-state index in [9.17, 15) is 13.2 Å². The Labute approximate surface area is 161 Å². The molecule has 0 aromatic heterocycles. The van der Waals surface area contributed by atoms with E-state index in [4.69, 9.17) is 11.6 Å². The van der Waals surface area contributed by atoms with E-state index in [-0.39, 0.29) is 29.3 Å². The summed E-state index contributed by atoms with van der Waals surface area (Å²) in [5.41, 5.74) is 0.842. The molecule has 1 aliphatic carbocycles. The van der Waals surface area contributed by atoms with E-state index >= 15 is 0 Å². The van der Waals surface area contributed by atoms with E-state index < -0.39 is 10.0 Å². The first-order valence-corrected chi connectivity index (χ1v) is 11.3. The molecule has 26 heavy (non-hydrogen) atoms. The SMILES string of the molecule is Cc1ccc(S(=O)(=O)N2CCC[C@@H](C(=O)NC3CCCCC3)C2)cc1Cl. The smallest absolute Gasteiger partial charge is 0.243 e. The number of amides is 1. The van der Waals surface area contributed by atoms with Crippen molar-refractivity contribution in [2.75, 3.05) is 13.1 Å². The highest BCUT2D eigenvalue weighted by Crippen LogP contribution is 2.27. The van der Waals surface area contributed by atoms with Gasteiger partial charge >= 0.3 is 0 Å². The first-order chi connectivity index (χ1) is 12.4. The fourth-order valence-electron chi connectivity index (χ4n) is 3.82. The van der Waals surface area contributed by atoms with Crippen LogP contribution in [0.2, 0.25) is 5.02 Å². The van der Waals surface area contributed by atoms with E-state index in [1.54, 1.807) is 12.1 Å². The number of hydrogen-bond donors (Lipinski definition) is 1. The Balaban J connectivity index is 1.68. The first-order valence-electron chi connectivity index (χ1n) is 9.44. The normalized spacial score (nSPS) is 22.9. The Morgan fingerprint density at radius 3 is 2.58 bits per heavy atom. The third-order valence-corrected chi connectivity index (χ3v) is 7.76. The number of aryl methyl sites for hydroxylation is 1. The second-order valence-corrected chi connectivity index (χ2v) is 9.80. The largest absolute Gasteiger partial charge is 0.353 e. The van der Waals surface area contributed by atoms with Crippen LogP contribution in [0.1, 0.15) is 50.5 Å². The zero-order chi connectivity index (χ0) is 18.7. The molecule has 1 N–H and O–H groups in total. The molecule has 1 aromatic carbocycles. The van der Waals surface area contributed by atoms with Crippen LogP contribution in [0, 0.1) is 12.8 Å².